The van der Waals surface area contributed by atoms with Crippen molar-refractivity contribution < 1.29 is 4.79 Å². The second-order valence-electron chi connectivity index (χ2n) is 3.93. The Morgan fingerprint density at radius 1 is 1.47 bits per heavy atom. The first-order valence-electron chi connectivity index (χ1n) is 5.06. The van der Waals surface area contributed by atoms with Crippen LogP contribution in [0.25, 0.3) is 0 Å². The number of carbonyl (C=O) groups is 1. The average Bonchev–Trinajstić information content (AvgIpc) is 2.66. The number of primary amides is 1. The smallest absolute Gasteiger partial charge is 0.222 e. The fraction of sp³-hybridized carbons (Fsp3) is 0.364. The van der Waals surface area contributed by atoms with Crippen LogP contribution in [-0.2, 0) is 4.79 Å². The molecule has 4 nitrogen and oxygen atoms in total. The first-order chi connectivity index (χ1) is 7.16. The summed E-state index contributed by atoms with van der Waals surface area (Å²) in [5.41, 5.74) is 12.8. The maximum atomic E-state index is 11.0. The highest BCUT2D eigenvalue weighted by Crippen LogP contribution is 2.24. The zero-order chi connectivity index (χ0) is 10.8. The summed E-state index contributed by atoms with van der Waals surface area (Å²) < 4.78 is 0. The maximum Gasteiger partial charge on any atom is 0.222 e. The van der Waals surface area contributed by atoms with Crippen molar-refractivity contribution >= 4 is 17.3 Å². The normalized spacial score (nSPS) is 20.5. The number of nitrogens with two attached hydrogens (primary N) is 2. The molecule has 4 N–H and O–H groups in total. The second-order valence-corrected chi connectivity index (χ2v) is 3.93. The molecule has 4 heteroatoms. The highest BCUT2D eigenvalue weighted by Gasteiger charge is 2.26. The highest BCUT2D eigenvalue weighted by atomic mass is 16.1. The summed E-state index contributed by atoms with van der Waals surface area (Å²) in [5.74, 6) is -0.229. The van der Waals surface area contributed by atoms with Gasteiger partial charge in [-0.2, -0.15) is 0 Å². The molecule has 0 aliphatic carbocycles. The molecule has 1 aromatic carbocycles. The number of nitrogens with zero attached hydrogens (tertiary/aromatic N) is 1. The fourth-order valence-electron chi connectivity index (χ4n) is 1.95. The zero-order valence-electron chi connectivity index (χ0n) is 8.52. The minimum absolute atomic E-state index is 0.0218. The molecular weight excluding hydrogens is 190 g/mol. The van der Waals surface area contributed by atoms with E-state index in [4.69, 9.17) is 11.5 Å². The van der Waals surface area contributed by atoms with E-state index in [1.165, 1.54) is 0 Å². The van der Waals surface area contributed by atoms with Gasteiger partial charge in [-0.05, 0) is 24.6 Å². The van der Waals surface area contributed by atoms with Crippen LogP contribution >= 0.6 is 0 Å². The Morgan fingerprint density at radius 3 is 2.87 bits per heavy atom. The first kappa shape index (κ1) is 9.83. The molecule has 0 radical (unpaired) electrons. The number of hydrogen-bond acceptors (Lipinski definition) is 3. The summed E-state index contributed by atoms with van der Waals surface area (Å²) in [4.78, 5) is 13.2. The first-order valence-corrected chi connectivity index (χ1v) is 5.06. The van der Waals surface area contributed by atoms with Gasteiger partial charge in [0.25, 0.3) is 0 Å². The van der Waals surface area contributed by atoms with Gasteiger partial charge in [-0.3, -0.25) is 4.79 Å². The van der Waals surface area contributed by atoms with E-state index in [1.54, 1.807) is 0 Å². The van der Waals surface area contributed by atoms with Gasteiger partial charge < -0.3 is 16.4 Å². The number of benzene rings is 1. The lowest BCUT2D eigenvalue weighted by Crippen LogP contribution is -2.27. The Hall–Kier alpha value is -1.71. The van der Waals surface area contributed by atoms with E-state index in [0.29, 0.717) is 6.54 Å². The molecule has 2 rings (SSSR count). The molecule has 0 saturated carbocycles. The maximum absolute atomic E-state index is 11.0. The predicted octanol–water partition coefficient (Wildman–Crippen LogP) is 0.580. The van der Waals surface area contributed by atoms with Gasteiger partial charge >= 0.3 is 0 Å². The minimum Gasteiger partial charge on any atom is -0.399 e. The van der Waals surface area contributed by atoms with Crippen LogP contribution in [0.15, 0.2) is 24.3 Å². The van der Waals surface area contributed by atoms with E-state index in [-0.39, 0.29) is 11.8 Å². The number of nitrogen functional groups attached to an aromatic ring is 1. The van der Waals surface area contributed by atoms with Gasteiger partial charge in [0.2, 0.25) is 5.91 Å². The summed E-state index contributed by atoms with van der Waals surface area (Å²) in [6.07, 6.45) is 0.837. The number of rotatable bonds is 2. The molecule has 80 valence electrons. The van der Waals surface area contributed by atoms with E-state index in [9.17, 15) is 4.79 Å². The molecule has 1 amide bonds. The van der Waals surface area contributed by atoms with Crippen molar-refractivity contribution in [3.63, 3.8) is 0 Å². The highest BCUT2D eigenvalue weighted by molar-refractivity contribution is 5.78. The van der Waals surface area contributed by atoms with Crippen LogP contribution in [0, 0.1) is 5.92 Å². The third-order valence-electron chi connectivity index (χ3n) is 2.83. The van der Waals surface area contributed by atoms with Crippen LogP contribution in [0.4, 0.5) is 11.4 Å². The number of hydrogen-bond donors (Lipinski definition) is 2. The van der Waals surface area contributed by atoms with Gasteiger partial charge in [-0.25, -0.2) is 0 Å². The Bertz CT molecular complexity index is 378. The van der Waals surface area contributed by atoms with Crippen molar-refractivity contribution in [1.29, 1.82) is 0 Å². The quantitative estimate of drug-likeness (QED) is 0.694. The molecule has 1 atom stereocenters. The van der Waals surface area contributed by atoms with Crippen LogP contribution in [0.2, 0.25) is 0 Å². The van der Waals surface area contributed by atoms with Crippen LogP contribution in [0.3, 0.4) is 0 Å². The lowest BCUT2D eigenvalue weighted by Gasteiger charge is -2.18. The lowest BCUT2D eigenvalue weighted by molar-refractivity contribution is -0.121. The summed E-state index contributed by atoms with van der Waals surface area (Å²) >= 11 is 0. The van der Waals surface area contributed by atoms with Crippen molar-refractivity contribution in [2.75, 3.05) is 23.7 Å². The summed E-state index contributed by atoms with van der Waals surface area (Å²) in [5, 5.41) is 0. The van der Waals surface area contributed by atoms with Gasteiger partial charge in [0, 0.05) is 24.5 Å². The molecule has 1 fully saturated rings. The minimum atomic E-state index is -0.207. The molecule has 1 aliphatic heterocycles. The third-order valence-corrected chi connectivity index (χ3v) is 2.83. The molecule has 15 heavy (non-hydrogen) atoms. The van der Waals surface area contributed by atoms with Gasteiger partial charge in [-0.1, -0.05) is 6.07 Å². The largest absolute Gasteiger partial charge is 0.399 e. The van der Waals surface area contributed by atoms with Crippen molar-refractivity contribution in [2.24, 2.45) is 11.7 Å². The Kier molecular flexibility index (Phi) is 2.49. The van der Waals surface area contributed by atoms with Crippen molar-refractivity contribution in [2.45, 2.75) is 6.42 Å². The number of amides is 1. The summed E-state index contributed by atoms with van der Waals surface area (Å²) in [6.45, 7) is 1.58. The monoisotopic (exact) mass is 205 g/mol. The molecule has 0 spiro atoms. The van der Waals surface area contributed by atoms with Crippen molar-refractivity contribution in [3.8, 4) is 0 Å². The van der Waals surface area contributed by atoms with Gasteiger partial charge in [0.05, 0.1) is 5.92 Å². The lowest BCUT2D eigenvalue weighted by atomic mass is 10.1. The molecule has 0 bridgehead atoms. The third kappa shape index (κ3) is 2.03. The van der Waals surface area contributed by atoms with Crippen molar-refractivity contribution in [1.82, 2.24) is 0 Å². The predicted molar refractivity (Wildman–Crippen MR) is 60.4 cm³/mol. The van der Waals surface area contributed by atoms with Gasteiger partial charge in [-0.15, -0.1) is 0 Å². The van der Waals surface area contributed by atoms with E-state index < -0.39 is 0 Å². The van der Waals surface area contributed by atoms with Gasteiger partial charge in [0.15, 0.2) is 0 Å². The average molecular weight is 205 g/mol. The second kappa shape index (κ2) is 3.81. The molecule has 0 aromatic heterocycles. The topological polar surface area (TPSA) is 72.4 Å². The molecule has 1 unspecified atom stereocenters. The number of carbonyl (C=O) groups excluding carboxylic acids is 1. The fourth-order valence-corrected chi connectivity index (χ4v) is 1.95. The molecule has 1 aliphatic rings. The Labute approximate surface area is 88.9 Å². The number of anilines is 2. The standard InChI is InChI=1S/C11H15N3O/c12-9-2-1-3-10(6-9)14-5-4-8(7-14)11(13)15/h1-3,6,8H,4-5,7,12H2,(H2,13,15). The van der Waals surface area contributed by atoms with E-state index in [0.717, 1.165) is 24.3 Å². The van der Waals surface area contributed by atoms with E-state index >= 15 is 0 Å². The summed E-state index contributed by atoms with van der Waals surface area (Å²) in [6, 6.07) is 7.69. The van der Waals surface area contributed by atoms with Crippen LogP contribution in [0.1, 0.15) is 6.42 Å². The van der Waals surface area contributed by atoms with Crippen LogP contribution < -0.4 is 16.4 Å². The molecule has 1 aromatic rings. The summed E-state index contributed by atoms with van der Waals surface area (Å²) in [7, 11) is 0. The molecule has 1 saturated heterocycles. The van der Waals surface area contributed by atoms with E-state index in [1.807, 2.05) is 24.3 Å². The van der Waals surface area contributed by atoms with Crippen molar-refractivity contribution in [3.05, 3.63) is 24.3 Å². The van der Waals surface area contributed by atoms with E-state index in [2.05, 4.69) is 4.90 Å². The molecular formula is C11H15N3O. The zero-order valence-corrected chi connectivity index (χ0v) is 8.52. The Balaban J connectivity index is 2.11. The van der Waals surface area contributed by atoms with Gasteiger partial charge in [0.1, 0.15) is 0 Å². The van der Waals surface area contributed by atoms with Crippen LogP contribution in [0.5, 0.6) is 0 Å². The SMILES string of the molecule is NC(=O)C1CCN(c2cccc(N)c2)C1. The Morgan fingerprint density at radius 2 is 2.27 bits per heavy atom. The van der Waals surface area contributed by atoms with Crippen LogP contribution in [-0.4, -0.2) is 19.0 Å². The molecule has 1 heterocycles.